The Bertz CT molecular complexity index is 180. The zero-order valence-electron chi connectivity index (χ0n) is 4.05. The van der Waals surface area contributed by atoms with E-state index in [4.69, 9.17) is 0 Å². The molecular weight excluding hydrogens is 88.1 g/mol. The highest BCUT2D eigenvalue weighted by molar-refractivity contribution is 5.35. The zero-order valence-corrected chi connectivity index (χ0v) is 4.05. The molecule has 7 heavy (non-hydrogen) atoms. The smallest absolute Gasteiger partial charge is 0.118 e. The van der Waals surface area contributed by atoms with Gasteiger partial charge in [0, 0.05) is 18.9 Å². The molecule has 0 amide bonds. The van der Waals surface area contributed by atoms with Crippen LogP contribution in [0.25, 0.3) is 0 Å². The zero-order chi connectivity index (χ0) is 4.85. The van der Waals surface area contributed by atoms with E-state index in [1.165, 1.54) is 5.69 Å². The summed E-state index contributed by atoms with van der Waals surface area (Å²) >= 11 is 0. The second kappa shape index (κ2) is 0.735. The van der Waals surface area contributed by atoms with Gasteiger partial charge in [-0.25, -0.2) is 4.98 Å². The molecule has 0 aliphatic carbocycles. The van der Waals surface area contributed by atoms with Crippen LogP contribution < -0.4 is 0 Å². The highest BCUT2D eigenvalue weighted by Gasteiger charge is 2.17. The Labute approximate surface area is 41.8 Å². The fraction of sp³-hybridized carbons (Fsp3) is 0.200. The topological polar surface area (TPSA) is 17.8 Å². The maximum Gasteiger partial charge on any atom is 0.118 e. The van der Waals surface area contributed by atoms with Crippen LogP contribution in [-0.2, 0) is 7.05 Å². The Morgan fingerprint density at radius 2 is 2.57 bits per heavy atom. The van der Waals surface area contributed by atoms with E-state index in [9.17, 15) is 0 Å². The largest absolute Gasteiger partial charge is 0.334 e. The third-order valence-electron chi connectivity index (χ3n) is 1.34. The molecule has 2 bridgehead atoms. The molecule has 35 valence electrons. The molecule has 2 aliphatic rings. The number of rotatable bonds is 0. The first-order chi connectivity index (χ1) is 3.38. The van der Waals surface area contributed by atoms with Crippen LogP contribution in [0.2, 0.25) is 0 Å². The molecule has 1 aromatic heterocycles. The molecule has 0 saturated carbocycles. The molecule has 2 aliphatic heterocycles. The molecule has 1 radical (unpaired) electrons. The van der Waals surface area contributed by atoms with Crippen molar-refractivity contribution in [2.24, 2.45) is 7.05 Å². The number of imidazole rings is 1. The van der Waals surface area contributed by atoms with Gasteiger partial charge < -0.3 is 4.57 Å². The number of fused-ring (bicyclic) bond motifs is 1. The second-order valence-corrected chi connectivity index (χ2v) is 1.74. The number of hydrogen-bond donors (Lipinski definition) is 0. The fourth-order valence-corrected chi connectivity index (χ4v) is 0.772. The summed E-state index contributed by atoms with van der Waals surface area (Å²) in [5.74, 6) is 1.09. The van der Waals surface area contributed by atoms with Gasteiger partial charge in [-0.15, -0.1) is 0 Å². The first kappa shape index (κ1) is 3.24. The average Bonchev–Trinajstić information content (AvgIpc) is 2.18. The maximum atomic E-state index is 4.02. The van der Waals surface area contributed by atoms with E-state index in [0.29, 0.717) is 0 Å². The van der Waals surface area contributed by atoms with Crippen molar-refractivity contribution >= 4 is 0 Å². The summed E-state index contributed by atoms with van der Waals surface area (Å²) in [6.45, 7) is 0. The van der Waals surface area contributed by atoms with E-state index in [-0.39, 0.29) is 0 Å². The Morgan fingerprint density at radius 1 is 1.71 bits per heavy atom. The summed E-state index contributed by atoms with van der Waals surface area (Å²) in [6, 6.07) is 0. The highest BCUT2D eigenvalue weighted by Crippen LogP contribution is 2.19. The van der Waals surface area contributed by atoms with Crippen molar-refractivity contribution in [3.05, 3.63) is 24.1 Å². The van der Waals surface area contributed by atoms with Crippen LogP contribution in [0.15, 0.2) is 6.20 Å². The van der Waals surface area contributed by atoms with Gasteiger partial charge in [0.25, 0.3) is 0 Å². The third kappa shape index (κ3) is 0.204. The summed E-state index contributed by atoms with van der Waals surface area (Å²) < 4.78 is 2.06. The van der Waals surface area contributed by atoms with Gasteiger partial charge in [-0.3, -0.25) is 0 Å². The van der Waals surface area contributed by atoms with E-state index in [1.807, 2.05) is 13.2 Å². The lowest BCUT2D eigenvalue weighted by molar-refractivity contribution is 0.781. The number of aryl methyl sites for hydroxylation is 1. The van der Waals surface area contributed by atoms with Gasteiger partial charge in [0.05, 0.1) is 6.42 Å². The molecule has 0 unspecified atom stereocenters. The molecule has 2 heteroatoms. The number of aromatic nitrogens is 2. The average molecular weight is 93.1 g/mol. The molecular formula is C5H5N2. The Balaban J connectivity index is 2.83. The SMILES string of the molecule is Cn1c2cnc1[CH]2. The summed E-state index contributed by atoms with van der Waals surface area (Å²) in [4.78, 5) is 4.02. The highest BCUT2D eigenvalue weighted by atomic mass is 15.1. The van der Waals surface area contributed by atoms with Crippen LogP contribution >= 0.6 is 0 Å². The molecule has 0 atom stereocenters. The van der Waals surface area contributed by atoms with Gasteiger partial charge in [-0.2, -0.15) is 0 Å². The quantitative estimate of drug-likeness (QED) is 0.459. The first-order valence-corrected chi connectivity index (χ1v) is 2.24. The lowest BCUT2D eigenvalue weighted by Crippen LogP contribution is -2.09. The molecule has 1 aromatic rings. The lowest BCUT2D eigenvalue weighted by Gasteiger charge is -2.10. The van der Waals surface area contributed by atoms with E-state index in [0.717, 1.165) is 5.82 Å². The van der Waals surface area contributed by atoms with Crippen LogP contribution in [0, 0.1) is 6.42 Å². The Hall–Kier alpha value is -0.790. The first-order valence-electron chi connectivity index (χ1n) is 2.24. The predicted octanol–water partition coefficient (Wildman–Crippen LogP) is 0.334. The maximum absolute atomic E-state index is 4.02. The van der Waals surface area contributed by atoms with Crippen molar-refractivity contribution in [2.75, 3.05) is 0 Å². The monoisotopic (exact) mass is 93.0 g/mol. The van der Waals surface area contributed by atoms with Gasteiger partial charge in [-0.05, 0) is 0 Å². The van der Waals surface area contributed by atoms with Crippen molar-refractivity contribution < 1.29 is 0 Å². The summed E-state index contributed by atoms with van der Waals surface area (Å²) in [5.41, 5.74) is 1.23. The van der Waals surface area contributed by atoms with Crippen molar-refractivity contribution in [2.45, 2.75) is 0 Å². The van der Waals surface area contributed by atoms with Gasteiger partial charge in [0.2, 0.25) is 0 Å². The Kier molecular flexibility index (Phi) is 0.340. The van der Waals surface area contributed by atoms with Crippen molar-refractivity contribution in [3.63, 3.8) is 0 Å². The molecule has 0 saturated heterocycles. The Morgan fingerprint density at radius 3 is 2.71 bits per heavy atom. The van der Waals surface area contributed by atoms with E-state index < -0.39 is 0 Å². The molecule has 0 fully saturated rings. The van der Waals surface area contributed by atoms with Crippen LogP contribution in [0.5, 0.6) is 0 Å². The van der Waals surface area contributed by atoms with Gasteiger partial charge in [-0.1, -0.05) is 0 Å². The van der Waals surface area contributed by atoms with E-state index in [1.54, 1.807) is 0 Å². The predicted molar refractivity (Wildman–Crippen MR) is 25.7 cm³/mol. The number of hydrogen-bond acceptors (Lipinski definition) is 1. The van der Waals surface area contributed by atoms with Crippen LogP contribution in [0.4, 0.5) is 0 Å². The minimum atomic E-state index is 1.09. The van der Waals surface area contributed by atoms with Crippen LogP contribution in [0.3, 0.4) is 0 Å². The van der Waals surface area contributed by atoms with Gasteiger partial charge >= 0.3 is 0 Å². The van der Waals surface area contributed by atoms with Crippen molar-refractivity contribution in [3.8, 4) is 0 Å². The lowest BCUT2D eigenvalue weighted by atomic mass is 10.2. The van der Waals surface area contributed by atoms with Gasteiger partial charge in [0.1, 0.15) is 5.82 Å². The third-order valence-corrected chi connectivity index (χ3v) is 1.34. The molecule has 0 aromatic carbocycles. The van der Waals surface area contributed by atoms with E-state index in [2.05, 4.69) is 16.0 Å². The van der Waals surface area contributed by atoms with Crippen molar-refractivity contribution in [1.29, 1.82) is 0 Å². The molecule has 3 rings (SSSR count). The second-order valence-electron chi connectivity index (χ2n) is 1.74. The standard InChI is InChI=1S/C5H5N2/c1-7-4-2-5(7)6-3-4/h2-3H,1H3. The van der Waals surface area contributed by atoms with Crippen LogP contribution in [0.1, 0.15) is 11.5 Å². The summed E-state index contributed by atoms with van der Waals surface area (Å²) in [5, 5.41) is 0. The minimum Gasteiger partial charge on any atom is -0.334 e. The summed E-state index contributed by atoms with van der Waals surface area (Å²) in [7, 11) is 2.01. The fourth-order valence-electron chi connectivity index (χ4n) is 0.772. The number of nitrogens with zero attached hydrogens (tertiary/aromatic N) is 2. The van der Waals surface area contributed by atoms with E-state index >= 15 is 0 Å². The van der Waals surface area contributed by atoms with Gasteiger partial charge in [0.15, 0.2) is 0 Å². The molecule has 3 heterocycles. The molecule has 2 nitrogen and oxygen atoms in total. The normalized spacial score (nSPS) is 13.9. The van der Waals surface area contributed by atoms with Crippen LogP contribution in [-0.4, -0.2) is 9.55 Å². The summed E-state index contributed by atoms with van der Waals surface area (Å²) in [6.07, 6.45) is 3.93. The minimum absolute atomic E-state index is 1.09. The van der Waals surface area contributed by atoms with Crippen molar-refractivity contribution in [1.82, 2.24) is 9.55 Å². The molecule has 0 N–H and O–H groups in total. The molecule has 0 spiro atoms.